The molecule has 2 rings (SSSR count). The molecule has 0 bridgehead atoms. The van der Waals surface area contributed by atoms with Crippen LogP contribution in [0.2, 0.25) is 0 Å². The molecule has 0 amide bonds. The molecule has 0 aliphatic carbocycles. The molecule has 2 aromatic rings. The van der Waals surface area contributed by atoms with Crippen LogP contribution in [0.4, 0.5) is 4.39 Å². The van der Waals surface area contributed by atoms with Crippen LogP contribution < -0.4 is 0 Å². The molecule has 1 aromatic heterocycles. The number of aromatic amines is 1. The van der Waals surface area contributed by atoms with Gasteiger partial charge in [-0.2, -0.15) is 5.10 Å². The minimum absolute atomic E-state index is 0.211. The van der Waals surface area contributed by atoms with E-state index in [1.807, 2.05) is 24.5 Å². The first-order chi connectivity index (χ1) is 8.09. The first kappa shape index (κ1) is 12.0. The Morgan fingerprint density at radius 3 is 2.76 bits per heavy atom. The van der Waals surface area contributed by atoms with Crippen molar-refractivity contribution in [3.63, 3.8) is 0 Å². The van der Waals surface area contributed by atoms with Gasteiger partial charge < -0.3 is 4.57 Å². The maximum absolute atomic E-state index is 13.5. The topological polar surface area (TPSA) is 33.6 Å². The van der Waals surface area contributed by atoms with Crippen LogP contribution >= 0.6 is 12.2 Å². The van der Waals surface area contributed by atoms with Gasteiger partial charge in [0.2, 0.25) is 0 Å². The van der Waals surface area contributed by atoms with Crippen molar-refractivity contribution in [2.24, 2.45) is 0 Å². The van der Waals surface area contributed by atoms with E-state index in [-0.39, 0.29) is 11.9 Å². The van der Waals surface area contributed by atoms with Gasteiger partial charge in [-0.25, -0.2) is 4.39 Å². The molecule has 0 fully saturated rings. The Hall–Kier alpha value is -1.49. The van der Waals surface area contributed by atoms with Crippen LogP contribution in [-0.4, -0.2) is 14.8 Å². The molecule has 0 spiro atoms. The molecule has 1 N–H and O–H groups in total. The van der Waals surface area contributed by atoms with Gasteiger partial charge in [0.15, 0.2) is 4.77 Å². The summed E-state index contributed by atoms with van der Waals surface area (Å²) in [6, 6.07) is 6.93. The van der Waals surface area contributed by atoms with E-state index in [2.05, 4.69) is 10.2 Å². The quantitative estimate of drug-likeness (QED) is 0.849. The second kappa shape index (κ2) is 4.79. The van der Waals surface area contributed by atoms with Gasteiger partial charge in [0.05, 0.1) is 0 Å². The Morgan fingerprint density at radius 2 is 2.12 bits per heavy atom. The zero-order valence-corrected chi connectivity index (χ0v) is 10.6. The van der Waals surface area contributed by atoms with Crippen LogP contribution in [0.3, 0.4) is 0 Å². The first-order valence-corrected chi connectivity index (χ1v) is 5.89. The lowest BCUT2D eigenvalue weighted by molar-refractivity contribution is 0.560. The van der Waals surface area contributed by atoms with Gasteiger partial charge in [0.1, 0.15) is 11.6 Å². The predicted octanol–water partition coefficient (Wildman–Crippen LogP) is 3.25. The van der Waals surface area contributed by atoms with Crippen molar-refractivity contribution >= 4 is 12.2 Å². The maximum atomic E-state index is 13.5. The Labute approximate surface area is 104 Å². The molecule has 90 valence electrons. The number of nitrogens with one attached hydrogen (secondary N) is 1. The lowest BCUT2D eigenvalue weighted by Crippen LogP contribution is -2.07. The third-order valence-corrected chi connectivity index (χ3v) is 2.89. The summed E-state index contributed by atoms with van der Waals surface area (Å²) in [4.78, 5) is 0. The highest BCUT2D eigenvalue weighted by Gasteiger charge is 2.11. The zero-order chi connectivity index (χ0) is 12.4. The second-order valence-corrected chi connectivity index (χ2v) is 4.56. The fourth-order valence-electron chi connectivity index (χ4n) is 1.81. The number of nitrogens with zero attached hydrogens (tertiary/aromatic N) is 2. The van der Waals surface area contributed by atoms with Crippen molar-refractivity contribution in [3.05, 3.63) is 46.2 Å². The van der Waals surface area contributed by atoms with E-state index in [0.717, 1.165) is 5.82 Å². The van der Waals surface area contributed by atoms with E-state index in [1.54, 1.807) is 12.1 Å². The highest BCUT2D eigenvalue weighted by Crippen LogP contribution is 2.15. The number of halogens is 1. The van der Waals surface area contributed by atoms with Gasteiger partial charge in [0.25, 0.3) is 0 Å². The second-order valence-electron chi connectivity index (χ2n) is 4.18. The van der Waals surface area contributed by atoms with Crippen molar-refractivity contribution < 1.29 is 4.39 Å². The molecule has 0 saturated heterocycles. The van der Waals surface area contributed by atoms with E-state index >= 15 is 0 Å². The molecular formula is C12H14FN3S. The molecule has 3 nitrogen and oxygen atoms in total. The van der Waals surface area contributed by atoms with Gasteiger partial charge in [-0.15, -0.1) is 0 Å². The number of rotatable bonds is 3. The van der Waals surface area contributed by atoms with Crippen LogP contribution in [-0.2, 0) is 6.42 Å². The number of hydrogen-bond acceptors (Lipinski definition) is 2. The third-order valence-electron chi connectivity index (χ3n) is 2.60. The van der Waals surface area contributed by atoms with Crippen molar-refractivity contribution in [3.8, 4) is 0 Å². The van der Waals surface area contributed by atoms with Crippen molar-refractivity contribution in [1.82, 2.24) is 14.8 Å². The minimum Gasteiger partial charge on any atom is -0.301 e. The van der Waals surface area contributed by atoms with Crippen molar-refractivity contribution in [2.45, 2.75) is 26.3 Å². The number of benzene rings is 1. The van der Waals surface area contributed by atoms with Crippen LogP contribution in [0.15, 0.2) is 24.3 Å². The normalized spacial score (nSPS) is 11.1. The monoisotopic (exact) mass is 251 g/mol. The Kier molecular flexibility index (Phi) is 3.38. The molecule has 1 aromatic carbocycles. The summed E-state index contributed by atoms with van der Waals surface area (Å²) in [6.07, 6.45) is 0.442. The summed E-state index contributed by atoms with van der Waals surface area (Å²) in [7, 11) is 0. The lowest BCUT2D eigenvalue weighted by atomic mass is 10.1. The third kappa shape index (κ3) is 2.44. The first-order valence-electron chi connectivity index (χ1n) is 5.48. The Balaban J connectivity index is 2.37. The summed E-state index contributed by atoms with van der Waals surface area (Å²) in [5.41, 5.74) is 0.628. The van der Waals surface area contributed by atoms with Crippen LogP contribution in [0.5, 0.6) is 0 Å². The smallest absolute Gasteiger partial charge is 0.195 e. The number of H-pyrrole nitrogens is 1. The average molecular weight is 251 g/mol. The average Bonchev–Trinajstić information content (AvgIpc) is 2.63. The van der Waals surface area contributed by atoms with Gasteiger partial charge >= 0.3 is 0 Å². The SMILES string of the molecule is CC(C)n1c(Cc2ccccc2F)n[nH]c1=S. The molecule has 17 heavy (non-hydrogen) atoms. The number of aromatic nitrogens is 3. The van der Waals surface area contributed by atoms with E-state index < -0.39 is 0 Å². The summed E-state index contributed by atoms with van der Waals surface area (Å²) in [6.45, 7) is 4.05. The molecule has 5 heteroatoms. The van der Waals surface area contributed by atoms with E-state index in [9.17, 15) is 4.39 Å². The lowest BCUT2D eigenvalue weighted by Gasteiger charge is -2.10. The minimum atomic E-state index is -0.211. The largest absolute Gasteiger partial charge is 0.301 e. The van der Waals surface area contributed by atoms with Crippen molar-refractivity contribution in [1.29, 1.82) is 0 Å². The highest BCUT2D eigenvalue weighted by molar-refractivity contribution is 7.71. The summed E-state index contributed by atoms with van der Waals surface area (Å²) in [5, 5.41) is 6.90. The maximum Gasteiger partial charge on any atom is 0.195 e. The molecule has 0 aliphatic heterocycles. The Morgan fingerprint density at radius 1 is 1.41 bits per heavy atom. The molecular weight excluding hydrogens is 237 g/mol. The van der Waals surface area contributed by atoms with Gasteiger partial charge in [-0.1, -0.05) is 18.2 Å². The molecule has 0 radical (unpaired) electrons. The van der Waals surface area contributed by atoms with E-state index in [4.69, 9.17) is 12.2 Å². The van der Waals surface area contributed by atoms with Crippen LogP contribution in [0.1, 0.15) is 31.3 Å². The van der Waals surface area contributed by atoms with E-state index in [0.29, 0.717) is 16.8 Å². The van der Waals surface area contributed by atoms with Crippen molar-refractivity contribution in [2.75, 3.05) is 0 Å². The van der Waals surface area contributed by atoms with E-state index in [1.165, 1.54) is 6.07 Å². The summed E-state index contributed by atoms with van der Waals surface area (Å²) < 4.78 is 16.0. The summed E-state index contributed by atoms with van der Waals surface area (Å²) in [5.74, 6) is 0.548. The molecule has 0 saturated carbocycles. The molecule has 0 unspecified atom stereocenters. The molecule has 1 heterocycles. The standard InChI is InChI=1S/C12H14FN3S/c1-8(2)16-11(14-15-12(16)17)7-9-5-3-4-6-10(9)13/h3-6,8H,7H2,1-2H3,(H,15,17). The zero-order valence-electron chi connectivity index (χ0n) is 9.77. The van der Waals surface area contributed by atoms with Gasteiger partial charge in [-0.05, 0) is 37.7 Å². The summed E-state index contributed by atoms with van der Waals surface area (Å²) >= 11 is 5.15. The highest BCUT2D eigenvalue weighted by atomic mass is 32.1. The van der Waals surface area contributed by atoms with Crippen LogP contribution in [0.25, 0.3) is 0 Å². The Bertz CT molecular complexity index is 571. The van der Waals surface area contributed by atoms with Gasteiger partial charge in [0, 0.05) is 12.5 Å². The fourth-order valence-corrected chi connectivity index (χ4v) is 2.17. The van der Waals surface area contributed by atoms with Crippen LogP contribution in [0, 0.1) is 10.6 Å². The fraction of sp³-hybridized carbons (Fsp3) is 0.333. The molecule has 0 atom stereocenters. The molecule has 0 aliphatic rings. The predicted molar refractivity (Wildman–Crippen MR) is 67.0 cm³/mol. The van der Waals surface area contributed by atoms with Gasteiger partial charge in [-0.3, -0.25) is 5.10 Å². The number of hydrogen-bond donors (Lipinski definition) is 1.